The van der Waals surface area contributed by atoms with E-state index in [0.29, 0.717) is 25.6 Å². The van der Waals surface area contributed by atoms with E-state index in [1.54, 1.807) is 4.31 Å². The Morgan fingerprint density at radius 3 is 2.61 bits per heavy atom. The fraction of sp³-hybridized carbons (Fsp3) is 1.00. The maximum Gasteiger partial charge on any atom is 0.282 e. The number of rotatable bonds is 7. The number of aliphatic hydroxyl groups excluding tert-OH is 1. The third-order valence-corrected chi connectivity index (χ3v) is 5.85. The van der Waals surface area contributed by atoms with Crippen LogP contribution < -0.4 is 0 Å². The van der Waals surface area contributed by atoms with Crippen LogP contribution in [0.5, 0.6) is 0 Å². The van der Waals surface area contributed by atoms with E-state index in [1.165, 1.54) is 4.31 Å². The van der Waals surface area contributed by atoms with Gasteiger partial charge in [-0.2, -0.15) is 17.0 Å². The summed E-state index contributed by atoms with van der Waals surface area (Å²) in [4.78, 5) is 0. The Balaban J connectivity index is 2.09. The lowest BCUT2D eigenvalue weighted by molar-refractivity contribution is 0.205. The third kappa shape index (κ3) is 3.04. The number of hydrogen-bond donors (Lipinski definition) is 1. The Bertz CT molecular complexity index is 368. The lowest BCUT2D eigenvalue weighted by Gasteiger charge is -2.30. The van der Waals surface area contributed by atoms with Crippen LogP contribution in [0.1, 0.15) is 39.0 Å². The highest BCUT2D eigenvalue weighted by Crippen LogP contribution is 2.32. The maximum absolute atomic E-state index is 12.6. The molecular weight excluding hydrogens is 252 g/mol. The first kappa shape index (κ1) is 14.2. The largest absolute Gasteiger partial charge is 0.395 e. The monoisotopic (exact) mass is 276 g/mol. The summed E-state index contributed by atoms with van der Waals surface area (Å²) >= 11 is 0. The Labute approximate surface area is 110 Å². The Morgan fingerprint density at radius 2 is 2.06 bits per heavy atom. The highest BCUT2D eigenvalue weighted by Gasteiger charge is 2.39. The highest BCUT2D eigenvalue weighted by atomic mass is 32.2. The van der Waals surface area contributed by atoms with E-state index in [0.717, 1.165) is 32.1 Å². The van der Waals surface area contributed by atoms with Crippen molar-refractivity contribution < 1.29 is 13.5 Å². The smallest absolute Gasteiger partial charge is 0.282 e. The minimum absolute atomic E-state index is 0.0668. The Hall–Kier alpha value is -0.170. The molecule has 1 aliphatic carbocycles. The maximum atomic E-state index is 12.6. The first-order valence-corrected chi connectivity index (χ1v) is 8.37. The third-order valence-electron chi connectivity index (χ3n) is 3.79. The van der Waals surface area contributed by atoms with Crippen molar-refractivity contribution in [1.29, 1.82) is 0 Å². The van der Waals surface area contributed by atoms with E-state index in [-0.39, 0.29) is 12.6 Å². The molecule has 0 unspecified atom stereocenters. The number of aliphatic hydroxyl groups is 1. The Kier molecular flexibility index (Phi) is 4.64. The molecule has 6 heteroatoms. The summed E-state index contributed by atoms with van der Waals surface area (Å²) < 4.78 is 28.3. The van der Waals surface area contributed by atoms with Crippen molar-refractivity contribution in [3.8, 4) is 0 Å². The molecule has 0 aromatic heterocycles. The van der Waals surface area contributed by atoms with Crippen molar-refractivity contribution >= 4 is 10.2 Å². The zero-order chi connectivity index (χ0) is 13.2. The molecule has 106 valence electrons. The molecule has 1 N–H and O–H groups in total. The molecule has 0 spiro atoms. The van der Waals surface area contributed by atoms with Gasteiger partial charge in [0.1, 0.15) is 0 Å². The van der Waals surface area contributed by atoms with Gasteiger partial charge in [-0.05, 0) is 38.0 Å². The van der Waals surface area contributed by atoms with Crippen LogP contribution >= 0.6 is 0 Å². The fourth-order valence-corrected chi connectivity index (χ4v) is 4.60. The van der Waals surface area contributed by atoms with Crippen LogP contribution in [-0.2, 0) is 10.2 Å². The summed E-state index contributed by atoms with van der Waals surface area (Å²) in [5.74, 6) is 0.557. The van der Waals surface area contributed by atoms with Crippen molar-refractivity contribution in [1.82, 2.24) is 8.61 Å². The van der Waals surface area contributed by atoms with Crippen LogP contribution in [0, 0.1) is 5.92 Å². The molecule has 0 radical (unpaired) electrons. The zero-order valence-corrected chi connectivity index (χ0v) is 11.9. The first-order chi connectivity index (χ1) is 8.59. The normalized spacial score (nSPS) is 26.1. The summed E-state index contributed by atoms with van der Waals surface area (Å²) in [5.41, 5.74) is 0. The molecule has 0 bridgehead atoms. The van der Waals surface area contributed by atoms with Crippen molar-refractivity contribution in [2.45, 2.75) is 45.1 Å². The quantitative estimate of drug-likeness (QED) is 0.748. The lowest BCUT2D eigenvalue weighted by Crippen LogP contribution is -2.48. The summed E-state index contributed by atoms with van der Waals surface area (Å²) in [6.07, 6.45) is 4.77. The molecule has 1 atom stereocenters. The predicted octanol–water partition coefficient (Wildman–Crippen LogP) is 0.810. The Morgan fingerprint density at radius 1 is 1.33 bits per heavy atom. The zero-order valence-electron chi connectivity index (χ0n) is 11.1. The van der Waals surface area contributed by atoms with E-state index >= 15 is 0 Å². The van der Waals surface area contributed by atoms with Crippen LogP contribution in [0.25, 0.3) is 0 Å². The van der Waals surface area contributed by atoms with E-state index < -0.39 is 10.2 Å². The molecule has 0 amide bonds. The van der Waals surface area contributed by atoms with Gasteiger partial charge in [-0.15, -0.1) is 0 Å². The first-order valence-electron chi connectivity index (χ1n) is 6.97. The molecule has 1 saturated carbocycles. The van der Waals surface area contributed by atoms with Crippen LogP contribution in [0.15, 0.2) is 0 Å². The van der Waals surface area contributed by atoms with Gasteiger partial charge in [-0.1, -0.05) is 6.92 Å². The van der Waals surface area contributed by atoms with E-state index in [1.807, 2.05) is 6.92 Å². The lowest BCUT2D eigenvalue weighted by atomic mass is 10.2. The van der Waals surface area contributed by atoms with Crippen molar-refractivity contribution in [3.63, 3.8) is 0 Å². The van der Waals surface area contributed by atoms with Gasteiger partial charge in [0, 0.05) is 25.7 Å². The average Bonchev–Trinajstić information content (AvgIpc) is 3.02. The topological polar surface area (TPSA) is 60.9 Å². The van der Waals surface area contributed by atoms with Gasteiger partial charge in [0.2, 0.25) is 0 Å². The van der Waals surface area contributed by atoms with Crippen LogP contribution in [0.4, 0.5) is 0 Å². The van der Waals surface area contributed by atoms with Crippen molar-refractivity contribution in [2.75, 3.05) is 26.2 Å². The van der Waals surface area contributed by atoms with Gasteiger partial charge >= 0.3 is 0 Å². The standard InChI is InChI=1S/C12H24N2O3S/c1-2-7-13(9-11-5-6-11)18(16,17)14-8-3-4-12(14)10-15/h11-12,15H,2-10H2,1H3/t12-/m0/s1. The average molecular weight is 276 g/mol. The number of nitrogens with zero attached hydrogens (tertiary/aromatic N) is 2. The second kappa shape index (κ2) is 5.86. The second-order valence-corrected chi connectivity index (χ2v) is 7.28. The molecule has 2 fully saturated rings. The van der Waals surface area contributed by atoms with Gasteiger partial charge in [-0.25, -0.2) is 0 Å². The van der Waals surface area contributed by atoms with Gasteiger partial charge in [0.05, 0.1) is 6.61 Å². The van der Waals surface area contributed by atoms with Gasteiger partial charge in [0.15, 0.2) is 0 Å². The molecule has 5 nitrogen and oxygen atoms in total. The summed E-state index contributed by atoms with van der Waals surface area (Å²) in [6.45, 7) is 3.74. The van der Waals surface area contributed by atoms with E-state index in [2.05, 4.69) is 0 Å². The van der Waals surface area contributed by atoms with Crippen LogP contribution in [0.3, 0.4) is 0 Å². The molecule has 1 heterocycles. The minimum Gasteiger partial charge on any atom is -0.395 e. The molecule has 2 rings (SSSR count). The fourth-order valence-electron chi connectivity index (χ4n) is 2.58. The summed E-state index contributed by atoms with van der Waals surface area (Å²) in [7, 11) is -3.37. The molecule has 0 aromatic rings. The second-order valence-electron chi connectivity index (χ2n) is 5.40. The van der Waals surface area contributed by atoms with E-state index in [9.17, 15) is 13.5 Å². The van der Waals surface area contributed by atoms with E-state index in [4.69, 9.17) is 0 Å². The van der Waals surface area contributed by atoms with Crippen LogP contribution in [0.2, 0.25) is 0 Å². The van der Waals surface area contributed by atoms with Crippen molar-refractivity contribution in [2.24, 2.45) is 5.92 Å². The molecule has 0 aromatic carbocycles. The summed E-state index contributed by atoms with van der Waals surface area (Å²) in [5, 5.41) is 9.28. The molecule has 1 aliphatic heterocycles. The van der Waals surface area contributed by atoms with Gasteiger partial charge < -0.3 is 5.11 Å². The van der Waals surface area contributed by atoms with Crippen molar-refractivity contribution in [3.05, 3.63) is 0 Å². The minimum atomic E-state index is -3.37. The molecule has 2 aliphatic rings. The number of hydrogen-bond acceptors (Lipinski definition) is 3. The van der Waals surface area contributed by atoms with Crippen LogP contribution in [-0.4, -0.2) is 54.4 Å². The molecule has 18 heavy (non-hydrogen) atoms. The molecule has 1 saturated heterocycles. The molecular formula is C12H24N2O3S. The van der Waals surface area contributed by atoms with Gasteiger partial charge in [0.25, 0.3) is 10.2 Å². The summed E-state index contributed by atoms with van der Waals surface area (Å²) in [6, 6.07) is -0.214. The SMILES string of the molecule is CCCN(CC1CC1)S(=O)(=O)N1CCC[C@H]1CO. The highest BCUT2D eigenvalue weighted by molar-refractivity contribution is 7.86. The predicted molar refractivity (Wildman–Crippen MR) is 70.3 cm³/mol. The van der Waals surface area contributed by atoms with Gasteiger partial charge in [-0.3, -0.25) is 0 Å².